The number of piperazine rings is 1. The van der Waals surface area contributed by atoms with Gasteiger partial charge in [0.1, 0.15) is 0 Å². The molecule has 2 aromatic carbocycles. The van der Waals surface area contributed by atoms with Crippen molar-refractivity contribution in [3.63, 3.8) is 0 Å². The number of rotatable bonds is 8. The average Bonchev–Trinajstić information content (AvgIpc) is 2.66. The number of benzene rings is 2. The number of nitrogens with zero attached hydrogens (tertiary/aromatic N) is 2. The highest BCUT2D eigenvalue weighted by atomic mass is 16.5. The molecule has 3 nitrogen and oxygen atoms in total. The molecule has 1 aliphatic heterocycles. The summed E-state index contributed by atoms with van der Waals surface area (Å²) in [6.45, 7) is 9.19. The topological polar surface area (TPSA) is 15.7 Å². The summed E-state index contributed by atoms with van der Waals surface area (Å²) in [6, 6.07) is 22.0. The predicted molar refractivity (Wildman–Crippen MR) is 103 cm³/mol. The number of hydrogen-bond acceptors (Lipinski definition) is 3. The molecule has 3 rings (SSSR count). The first-order valence-electron chi connectivity index (χ1n) is 9.47. The molecular weight excluding hydrogens is 308 g/mol. The molecule has 0 bridgehead atoms. The van der Waals surface area contributed by atoms with Crippen molar-refractivity contribution in [2.24, 2.45) is 0 Å². The van der Waals surface area contributed by atoms with E-state index in [0.717, 1.165) is 52.4 Å². The summed E-state index contributed by atoms with van der Waals surface area (Å²) >= 11 is 0. The van der Waals surface area contributed by atoms with Gasteiger partial charge >= 0.3 is 0 Å². The molecule has 0 aliphatic carbocycles. The fourth-order valence-corrected chi connectivity index (χ4v) is 3.49. The van der Waals surface area contributed by atoms with Crippen LogP contribution in [0.1, 0.15) is 24.5 Å². The molecule has 2 aromatic rings. The molecule has 1 fully saturated rings. The highest BCUT2D eigenvalue weighted by molar-refractivity contribution is 5.16. The van der Waals surface area contributed by atoms with Crippen molar-refractivity contribution in [1.29, 1.82) is 0 Å². The number of hydrogen-bond donors (Lipinski definition) is 0. The van der Waals surface area contributed by atoms with Gasteiger partial charge in [-0.1, -0.05) is 67.6 Å². The van der Waals surface area contributed by atoms with Crippen molar-refractivity contribution >= 4 is 0 Å². The molecule has 0 radical (unpaired) electrons. The van der Waals surface area contributed by atoms with E-state index >= 15 is 0 Å². The normalized spacial score (nSPS) is 19.2. The molecule has 0 aromatic heterocycles. The van der Waals surface area contributed by atoms with E-state index in [0.29, 0.717) is 6.04 Å². The summed E-state index contributed by atoms with van der Waals surface area (Å²) in [5, 5.41) is 0. The second-order valence-electron chi connectivity index (χ2n) is 6.91. The Morgan fingerprint density at radius 3 is 2.16 bits per heavy atom. The lowest BCUT2D eigenvalue weighted by Gasteiger charge is -2.41. The highest BCUT2D eigenvalue weighted by Gasteiger charge is 2.27. The maximum atomic E-state index is 5.92. The van der Waals surface area contributed by atoms with Crippen molar-refractivity contribution in [2.75, 3.05) is 32.8 Å². The lowest BCUT2D eigenvalue weighted by Crippen LogP contribution is -2.54. The van der Waals surface area contributed by atoms with Gasteiger partial charge in [-0.05, 0) is 17.5 Å². The predicted octanol–water partition coefficient (Wildman–Crippen LogP) is 3.80. The summed E-state index contributed by atoms with van der Waals surface area (Å²) in [7, 11) is 0. The maximum Gasteiger partial charge on any atom is 0.0634 e. The minimum absolute atomic E-state index is 0.462. The lowest BCUT2D eigenvalue weighted by atomic mass is 10.1. The average molecular weight is 338 g/mol. The van der Waals surface area contributed by atoms with E-state index < -0.39 is 0 Å². The van der Waals surface area contributed by atoms with Crippen LogP contribution in [-0.4, -0.2) is 48.7 Å². The van der Waals surface area contributed by atoms with Crippen molar-refractivity contribution in [2.45, 2.75) is 32.5 Å². The molecule has 0 spiro atoms. The highest BCUT2D eigenvalue weighted by Crippen LogP contribution is 2.17. The van der Waals surface area contributed by atoms with Crippen LogP contribution in [0.2, 0.25) is 0 Å². The van der Waals surface area contributed by atoms with Crippen LogP contribution in [0.15, 0.2) is 60.7 Å². The van der Waals surface area contributed by atoms with Gasteiger partial charge in [0.15, 0.2) is 0 Å². The van der Waals surface area contributed by atoms with Crippen LogP contribution in [0.5, 0.6) is 0 Å². The Kier molecular flexibility index (Phi) is 7.04. The van der Waals surface area contributed by atoms with E-state index in [1.165, 1.54) is 11.1 Å². The van der Waals surface area contributed by atoms with E-state index in [-0.39, 0.29) is 0 Å². The van der Waals surface area contributed by atoms with Crippen molar-refractivity contribution in [3.8, 4) is 0 Å². The molecular formula is C22H30N2O. The third kappa shape index (κ3) is 5.67. The van der Waals surface area contributed by atoms with E-state index in [2.05, 4.69) is 77.4 Å². The minimum atomic E-state index is 0.462. The van der Waals surface area contributed by atoms with Crippen LogP contribution in [0.3, 0.4) is 0 Å². The molecule has 0 amide bonds. The van der Waals surface area contributed by atoms with Crippen molar-refractivity contribution < 1.29 is 4.74 Å². The molecule has 134 valence electrons. The summed E-state index contributed by atoms with van der Waals surface area (Å²) in [4.78, 5) is 5.16. The van der Waals surface area contributed by atoms with Crippen LogP contribution >= 0.6 is 0 Å². The Labute approximate surface area is 152 Å². The Bertz CT molecular complexity index is 602. The number of ether oxygens (including phenoxy) is 1. The van der Waals surface area contributed by atoms with Crippen LogP contribution in [0, 0.1) is 0 Å². The Morgan fingerprint density at radius 2 is 1.52 bits per heavy atom. The first-order chi connectivity index (χ1) is 12.3. The molecule has 1 heterocycles. The lowest BCUT2D eigenvalue weighted by molar-refractivity contribution is 0.00335. The molecule has 1 saturated heterocycles. The van der Waals surface area contributed by atoms with E-state index in [1.807, 2.05) is 0 Å². The maximum absolute atomic E-state index is 5.92. The van der Waals surface area contributed by atoms with E-state index in [9.17, 15) is 0 Å². The second kappa shape index (κ2) is 9.71. The fourth-order valence-electron chi connectivity index (χ4n) is 3.49. The summed E-state index contributed by atoms with van der Waals surface area (Å²) in [6.07, 6.45) is 1.08. The molecule has 1 atom stereocenters. The zero-order valence-corrected chi connectivity index (χ0v) is 15.3. The summed E-state index contributed by atoms with van der Waals surface area (Å²) < 4.78 is 5.92. The third-order valence-corrected chi connectivity index (χ3v) is 4.82. The van der Waals surface area contributed by atoms with Crippen LogP contribution < -0.4 is 0 Å². The molecule has 25 heavy (non-hydrogen) atoms. The molecule has 0 saturated carbocycles. The van der Waals surface area contributed by atoms with E-state index in [1.54, 1.807) is 0 Å². The zero-order chi connectivity index (χ0) is 17.3. The van der Waals surface area contributed by atoms with Crippen LogP contribution in [-0.2, 0) is 17.8 Å². The third-order valence-electron chi connectivity index (χ3n) is 4.82. The van der Waals surface area contributed by atoms with Gasteiger partial charge in [0, 0.05) is 45.4 Å². The smallest absolute Gasteiger partial charge is 0.0634 e. The minimum Gasteiger partial charge on any atom is -0.380 e. The summed E-state index contributed by atoms with van der Waals surface area (Å²) in [5.41, 5.74) is 2.78. The zero-order valence-electron chi connectivity index (χ0n) is 15.3. The van der Waals surface area contributed by atoms with Gasteiger partial charge in [-0.15, -0.1) is 0 Å². The van der Waals surface area contributed by atoms with Gasteiger partial charge in [0.2, 0.25) is 0 Å². The van der Waals surface area contributed by atoms with Gasteiger partial charge in [0.25, 0.3) is 0 Å². The van der Waals surface area contributed by atoms with Crippen LogP contribution in [0.25, 0.3) is 0 Å². The first kappa shape index (κ1) is 18.1. The van der Waals surface area contributed by atoms with Gasteiger partial charge in [-0.2, -0.15) is 0 Å². The van der Waals surface area contributed by atoms with Gasteiger partial charge in [-0.25, -0.2) is 0 Å². The largest absolute Gasteiger partial charge is 0.380 e. The van der Waals surface area contributed by atoms with Crippen LogP contribution in [0.4, 0.5) is 0 Å². The van der Waals surface area contributed by atoms with Gasteiger partial charge in [0.05, 0.1) is 6.61 Å². The molecule has 1 aliphatic rings. The molecule has 3 heteroatoms. The molecule has 1 unspecified atom stereocenters. The van der Waals surface area contributed by atoms with Gasteiger partial charge in [-0.3, -0.25) is 9.80 Å². The monoisotopic (exact) mass is 338 g/mol. The van der Waals surface area contributed by atoms with Gasteiger partial charge < -0.3 is 4.74 Å². The first-order valence-corrected chi connectivity index (χ1v) is 9.47. The fraction of sp³-hybridized carbons (Fsp3) is 0.455. The SMILES string of the molecule is CCCOCC1CN(Cc2ccccc2)CCN1Cc1ccccc1. The van der Waals surface area contributed by atoms with Crippen molar-refractivity contribution in [3.05, 3.63) is 71.8 Å². The second-order valence-corrected chi connectivity index (χ2v) is 6.91. The Morgan fingerprint density at radius 1 is 0.880 bits per heavy atom. The van der Waals surface area contributed by atoms with E-state index in [4.69, 9.17) is 4.74 Å². The standard InChI is InChI=1S/C22H30N2O/c1-2-15-25-19-22-18-23(16-20-9-5-3-6-10-20)13-14-24(22)17-21-11-7-4-8-12-21/h3-12,22H,2,13-19H2,1H3. The Hall–Kier alpha value is -1.68. The molecule has 0 N–H and O–H groups in total. The summed E-state index contributed by atoms with van der Waals surface area (Å²) in [5.74, 6) is 0. The quantitative estimate of drug-likeness (QED) is 0.681. The Balaban J connectivity index is 1.61. The van der Waals surface area contributed by atoms with Crippen molar-refractivity contribution in [1.82, 2.24) is 9.80 Å².